The number of halogens is 1. The first kappa shape index (κ1) is 23.2. The molecule has 0 spiro atoms. The number of hydrogen-bond acceptors (Lipinski definition) is 5. The molecule has 0 saturated carbocycles. The molecule has 0 radical (unpaired) electrons. The predicted molar refractivity (Wildman–Crippen MR) is 133 cm³/mol. The number of hydrogen-bond donors (Lipinski definition) is 0. The largest absolute Gasteiger partial charge is 0.332 e. The first-order valence-electron chi connectivity index (χ1n) is 11.8. The summed E-state index contributed by atoms with van der Waals surface area (Å²) in [5.41, 5.74) is 1.55. The zero-order valence-electron chi connectivity index (χ0n) is 20.0. The Labute approximate surface area is 202 Å². The molecule has 3 heterocycles. The fraction of sp³-hybridized carbons (Fsp3) is 0.346. The average molecular weight is 477 g/mol. The molecule has 4 aromatic rings. The summed E-state index contributed by atoms with van der Waals surface area (Å²) >= 11 is 0. The first-order valence-corrected chi connectivity index (χ1v) is 11.8. The third kappa shape index (κ3) is 4.56. The highest BCUT2D eigenvalue weighted by Gasteiger charge is 2.23. The molecule has 0 unspecified atom stereocenters. The third-order valence-electron chi connectivity index (χ3n) is 6.79. The molecule has 9 heteroatoms. The number of aryl methyl sites for hydroxylation is 1. The Bertz CT molecular complexity index is 1470. The predicted octanol–water partition coefficient (Wildman–Crippen LogP) is 1.94. The van der Waals surface area contributed by atoms with Crippen LogP contribution in [0.2, 0.25) is 0 Å². The molecule has 2 aromatic carbocycles. The van der Waals surface area contributed by atoms with E-state index in [4.69, 9.17) is 4.98 Å². The van der Waals surface area contributed by atoms with Gasteiger partial charge in [-0.2, -0.15) is 0 Å². The van der Waals surface area contributed by atoms with Crippen molar-refractivity contribution in [1.29, 1.82) is 0 Å². The highest BCUT2D eigenvalue weighted by Crippen LogP contribution is 2.18. The van der Waals surface area contributed by atoms with Crippen LogP contribution in [-0.2, 0) is 33.7 Å². The van der Waals surface area contributed by atoms with E-state index in [-0.39, 0.29) is 12.4 Å². The van der Waals surface area contributed by atoms with Crippen molar-refractivity contribution in [2.24, 2.45) is 14.1 Å². The van der Waals surface area contributed by atoms with Crippen LogP contribution in [0.15, 0.2) is 64.2 Å². The lowest BCUT2D eigenvalue weighted by atomic mass is 10.2. The van der Waals surface area contributed by atoms with Crippen molar-refractivity contribution in [2.45, 2.75) is 19.6 Å². The van der Waals surface area contributed by atoms with Crippen molar-refractivity contribution in [3.63, 3.8) is 0 Å². The molecule has 1 aliphatic rings. The van der Waals surface area contributed by atoms with Crippen LogP contribution in [0.5, 0.6) is 0 Å². The van der Waals surface area contributed by atoms with Crippen LogP contribution < -0.4 is 11.2 Å². The number of piperazine rings is 1. The van der Waals surface area contributed by atoms with Gasteiger partial charge in [0.25, 0.3) is 5.56 Å². The Morgan fingerprint density at radius 1 is 0.800 bits per heavy atom. The van der Waals surface area contributed by atoms with Gasteiger partial charge in [-0.15, -0.1) is 0 Å². The Kier molecular flexibility index (Phi) is 6.36. The van der Waals surface area contributed by atoms with E-state index >= 15 is 0 Å². The summed E-state index contributed by atoms with van der Waals surface area (Å²) in [6.07, 6.45) is 0. The second kappa shape index (κ2) is 9.59. The lowest BCUT2D eigenvalue weighted by Crippen LogP contribution is -2.45. The van der Waals surface area contributed by atoms with Crippen molar-refractivity contribution in [3.05, 3.63) is 98.2 Å². The van der Waals surface area contributed by atoms with Gasteiger partial charge in [-0.25, -0.2) is 14.2 Å². The normalized spacial score (nSPS) is 15.2. The van der Waals surface area contributed by atoms with E-state index in [0.717, 1.165) is 37.3 Å². The van der Waals surface area contributed by atoms with Gasteiger partial charge in [0, 0.05) is 52.4 Å². The molecule has 0 atom stereocenters. The second-order valence-corrected chi connectivity index (χ2v) is 9.12. The molecular formula is C26H29FN6O2. The lowest BCUT2D eigenvalue weighted by Gasteiger charge is -2.34. The average Bonchev–Trinajstić information content (AvgIpc) is 3.22. The lowest BCUT2D eigenvalue weighted by molar-refractivity contribution is 0.119. The van der Waals surface area contributed by atoms with Gasteiger partial charge in [0.2, 0.25) is 0 Å². The van der Waals surface area contributed by atoms with E-state index in [1.807, 2.05) is 6.07 Å². The zero-order valence-corrected chi connectivity index (χ0v) is 20.0. The van der Waals surface area contributed by atoms with Crippen LogP contribution in [0.3, 0.4) is 0 Å². The minimum absolute atomic E-state index is 0.167. The van der Waals surface area contributed by atoms with Gasteiger partial charge in [-0.05, 0) is 11.6 Å². The summed E-state index contributed by atoms with van der Waals surface area (Å²) in [7, 11) is 3.06. The second-order valence-electron chi connectivity index (χ2n) is 9.12. The highest BCUT2D eigenvalue weighted by molar-refractivity contribution is 5.71. The maximum atomic E-state index is 14.5. The Morgan fingerprint density at radius 3 is 2.11 bits per heavy atom. The van der Waals surface area contributed by atoms with Gasteiger partial charge in [0.15, 0.2) is 11.2 Å². The molecule has 182 valence electrons. The zero-order chi connectivity index (χ0) is 24.5. The first-order chi connectivity index (χ1) is 16.9. The van der Waals surface area contributed by atoms with Crippen LogP contribution in [0, 0.1) is 5.82 Å². The quantitative estimate of drug-likeness (QED) is 0.426. The van der Waals surface area contributed by atoms with E-state index in [2.05, 4.69) is 34.1 Å². The summed E-state index contributed by atoms with van der Waals surface area (Å²) in [5, 5.41) is 0. The molecule has 35 heavy (non-hydrogen) atoms. The summed E-state index contributed by atoms with van der Waals surface area (Å²) in [5.74, 6) is 0.314. The van der Waals surface area contributed by atoms with Crippen LogP contribution in [-0.4, -0.2) is 54.7 Å². The van der Waals surface area contributed by atoms with Crippen molar-refractivity contribution < 1.29 is 4.39 Å². The highest BCUT2D eigenvalue weighted by atomic mass is 19.1. The number of imidazole rings is 1. The molecular weight excluding hydrogens is 447 g/mol. The Balaban J connectivity index is 1.44. The van der Waals surface area contributed by atoms with E-state index < -0.39 is 11.2 Å². The monoisotopic (exact) mass is 476 g/mol. The summed E-state index contributed by atoms with van der Waals surface area (Å²) < 4.78 is 18.8. The number of benzene rings is 2. The van der Waals surface area contributed by atoms with Crippen molar-refractivity contribution >= 4 is 11.2 Å². The van der Waals surface area contributed by atoms with Crippen molar-refractivity contribution in [2.75, 3.05) is 26.2 Å². The number of rotatable bonds is 6. The molecule has 1 aliphatic heterocycles. The molecule has 2 aromatic heterocycles. The maximum Gasteiger partial charge on any atom is 0.332 e. The number of aromatic nitrogens is 4. The van der Waals surface area contributed by atoms with Gasteiger partial charge < -0.3 is 4.57 Å². The van der Waals surface area contributed by atoms with E-state index in [1.54, 1.807) is 29.8 Å². The summed E-state index contributed by atoms with van der Waals surface area (Å²) in [6.45, 7) is 5.14. The molecule has 0 N–H and O–H groups in total. The fourth-order valence-electron chi connectivity index (χ4n) is 4.73. The van der Waals surface area contributed by atoms with Gasteiger partial charge in [0.1, 0.15) is 11.6 Å². The van der Waals surface area contributed by atoms with Gasteiger partial charge >= 0.3 is 5.69 Å². The molecule has 0 bridgehead atoms. The van der Waals surface area contributed by atoms with Gasteiger partial charge in [-0.1, -0.05) is 48.5 Å². The SMILES string of the molecule is Cn1c(=O)c2c(nc(CN3CCN(Cc4ccccc4)CC3)n2Cc2ccccc2F)n(C)c1=O. The molecule has 1 saturated heterocycles. The minimum Gasteiger partial charge on any atom is -0.316 e. The van der Waals surface area contributed by atoms with E-state index in [9.17, 15) is 14.0 Å². The van der Waals surface area contributed by atoms with E-state index in [1.165, 1.54) is 23.2 Å². The van der Waals surface area contributed by atoms with Gasteiger partial charge in [-0.3, -0.25) is 23.7 Å². The summed E-state index contributed by atoms with van der Waals surface area (Å²) in [4.78, 5) is 35.0. The Morgan fingerprint density at radius 2 is 1.43 bits per heavy atom. The Hall–Kier alpha value is -3.56. The number of fused-ring (bicyclic) bond motifs is 1. The van der Waals surface area contributed by atoms with Gasteiger partial charge in [0.05, 0.1) is 13.1 Å². The molecule has 8 nitrogen and oxygen atoms in total. The number of nitrogens with zero attached hydrogens (tertiary/aromatic N) is 6. The molecule has 1 fully saturated rings. The smallest absolute Gasteiger partial charge is 0.316 e. The maximum absolute atomic E-state index is 14.5. The molecule has 5 rings (SSSR count). The van der Waals surface area contributed by atoms with E-state index in [0.29, 0.717) is 29.1 Å². The topological polar surface area (TPSA) is 68.3 Å². The van der Waals surface area contributed by atoms with Crippen molar-refractivity contribution in [1.82, 2.24) is 28.5 Å². The fourth-order valence-corrected chi connectivity index (χ4v) is 4.73. The standard InChI is InChI=1S/C26H29FN6O2/c1-29-24-23(25(34)30(2)26(29)35)33(17-20-10-6-7-11-21(20)27)22(28-24)18-32-14-12-31(13-15-32)16-19-8-4-3-5-9-19/h3-11H,12-18H2,1-2H3. The third-order valence-corrected chi connectivity index (χ3v) is 6.79. The summed E-state index contributed by atoms with van der Waals surface area (Å²) in [6, 6.07) is 17.0. The van der Waals surface area contributed by atoms with Crippen LogP contribution in [0.1, 0.15) is 17.0 Å². The van der Waals surface area contributed by atoms with Crippen LogP contribution in [0.25, 0.3) is 11.2 Å². The van der Waals surface area contributed by atoms with Crippen LogP contribution >= 0.6 is 0 Å². The molecule has 0 aliphatic carbocycles. The van der Waals surface area contributed by atoms with Crippen molar-refractivity contribution in [3.8, 4) is 0 Å². The minimum atomic E-state index is -0.431. The molecule has 0 amide bonds. The van der Waals surface area contributed by atoms with Crippen LogP contribution in [0.4, 0.5) is 4.39 Å².